The molecule has 0 saturated carbocycles. The van der Waals surface area contributed by atoms with Crippen molar-refractivity contribution in [3.63, 3.8) is 0 Å². The maximum absolute atomic E-state index is 14.1. The molecule has 0 heterocycles. The van der Waals surface area contributed by atoms with Crippen LogP contribution in [-0.4, -0.2) is 6.54 Å². The molecule has 0 aliphatic carbocycles. The Kier molecular flexibility index (Phi) is 5.15. The number of hydrogen-bond donors (Lipinski definition) is 1. The summed E-state index contributed by atoms with van der Waals surface area (Å²) in [6.07, 6.45) is 0. The van der Waals surface area contributed by atoms with Gasteiger partial charge in [-0.3, -0.25) is 0 Å². The van der Waals surface area contributed by atoms with Crippen molar-refractivity contribution in [2.24, 2.45) is 0 Å². The lowest BCUT2D eigenvalue weighted by Crippen LogP contribution is -2.19. The van der Waals surface area contributed by atoms with E-state index in [0.29, 0.717) is 17.1 Å². The van der Waals surface area contributed by atoms with Gasteiger partial charge in [0.2, 0.25) is 0 Å². The van der Waals surface area contributed by atoms with Crippen molar-refractivity contribution in [3.05, 3.63) is 58.3 Å². The Morgan fingerprint density at radius 3 is 2.55 bits per heavy atom. The average Bonchev–Trinajstić information content (AvgIpc) is 2.42. The lowest BCUT2D eigenvalue weighted by Gasteiger charge is -2.18. The molecule has 1 N–H and O–H groups in total. The van der Waals surface area contributed by atoms with Crippen LogP contribution in [0.15, 0.2) is 46.9 Å². The predicted octanol–water partition coefficient (Wildman–Crippen LogP) is 5.05. The van der Waals surface area contributed by atoms with E-state index in [1.54, 1.807) is 12.1 Å². The van der Waals surface area contributed by atoms with E-state index in [-0.39, 0.29) is 11.9 Å². The first-order valence-corrected chi connectivity index (χ1v) is 7.37. The van der Waals surface area contributed by atoms with E-state index in [9.17, 15) is 4.39 Å². The van der Waals surface area contributed by atoms with Crippen LogP contribution in [0.5, 0.6) is 11.5 Å². The fraction of sp³-hybridized carbons (Fsp3) is 0.250. The average molecular weight is 338 g/mol. The molecule has 20 heavy (non-hydrogen) atoms. The van der Waals surface area contributed by atoms with Crippen LogP contribution >= 0.6 is 15.9 Å². The van der Waals surface area contributed by atoms with Gasteiger partial charge in [0.1, 0.15) is 17.3 Å². The summed E-state index contributed by atoms with van der Waals surface area (Å²) >= 11 is 3.43. The summed E-state index contributed by atoms with van der Waals surface area (Å²) in [6, 6.07) is 12.3. The smallest absolute Gasteiger partial charge is 0.141 e. The zero-order valence-electron chi connectivity index (χ0n) is 11.5. The zero-order chi connectivity index (χ0) is 14.5. The van der Waals surface area contributed by atoms with E-state index in [4.69, 9.17) is 4.74 Å². The Labute approximate surface area is 127 Å². The molecule has 4 heteroatoms. The lowest BCUT2D eigenvalue weighted by molar-refractivity contribution is 0.446. The molecule has 0 aliphatic rings. The lowest BCUT2D eigenvalue weighted by atomic mass is 10.1. The van der Waals surface area contributed by atoms with Gasteiger partial charge >= 0.3 is 0 Å². The summed E-state index contributed by atoms with van der Waals surface area (Å²) in [6.45, 7) is 4.68. The normalized spacial score (nSPS) is 12.2. The van der Waals surface area contributed by atoms with Crippen LogP contribution in [-0.2, 0) is 0 Å². The summed E-state index contributed by atoms with van der Waals surface area (Å²) in [5, 5.41) is 3.21. The van der Waals surface area contributed by atoms with E-state index >= 15 is 0 Å². The standard InChI is InChI=1S/C16H17BrFNO/c1-3-19-11(2)16-13(18)8-6-10-15(16)20-14-9-5-4-7-12(14)17/h4-11,19H,3H2,1-2H3. The first-order valence-electron chi connectivity index (χ1n) is 6.57. The number of halogens is 2. The monoisotopic (exact) mass is 337 g/mol. The Morgan fingerprint density at radius 2 is 1.85 bits per heavy atom. The second-order valence-electron chi connectivity index (χ2n) is 4.46. The fourth-order valence-corrected chi connectivity index (χ4v) is 2.45. The third-order valence-corrected chi connectivity index (χ3v) is 3.67. The van der Waals surface area contributed by atoms with Gasteiger partial charge < -0.3 is 10.1 Å². The fourth-order valence-electron chi connectivity index (χ4n) is 2.08. The molecule has 0 fully saturated rings. The van der Waals surface area contributed by atoms with Gasteiger partial charge in [-0.2, -0.15) is 0 Å². The first kappa shape index (κ1) is 15.0. The van der Waals surface area contributed by atoms with Crippen molar-refractivity contribution in [3.8, 4) is 11.5 Å². The number of para-hydroxylation sites is 1. The molecule has 2 aromatic rings. The molecular weight excluding hydrogens is 321 g/mol. The molecule has 1 atom stereocenters. The van der Waals surface area contributed by atoms with Crippen molar-refractivity contribution in [2.45, 2.75) is 19.9 Å². The van der Waals surface area contributed by atoms with Gasteiger partial charge in [-0.25, -0.2) is 4.39 Å². The van der Waals surface area contributed by atoms with Crippen molar-refractivity contribution < 1.29 is 9.13 Å². The van der Waals surface area contributed by atoms with Crippen LogP contribution in [0.2, 0.25) is 0 Å². The predicted molar refractivity (Wildman–Crippen MR) is 82.7 cm³/mol. The van der Waals surface area contributed by atoms with Gasteiger partial charge in [0.15, 0.2) is 0 Å². The summed E-state index contributed by atoms with van der Waals surface area (Å²) in [7, 11) is 0. The van der Waals surface area contributed by atoms with Crippen LogP contribution in [0.25, 0.3) is 0 Å². The second kappa shape index (κ2) is 6.86. The number of ether oxygens (including phenoxy) is 1. The molecule has 0 radical (unpaired) electrons. The molecular formula is C16H17BrFNO. The van der Waals surface area contributed by atoms with E-state index in [2.05, 4.69) is 21.2 Å². The van der Waals surface area contributed by atoms with E-state index in [0.717, 1.165) is 11.0 Å². The molecule has 106 valence electrons. The maximum atomic E-state index is 14.1. The summed E-state index contributed by atoms with van der Waals surface area (Å²) < 4.78 is 20.8. The molecule has 2 rings (SSSR count). The zero-order valence-corrected chi connectivity index (χ0v) is 13.1. The quantitative estimate of drug-likeness (QED) is 0.824. The van der Waals surface area contributed by atoms with Gasteiger partial charge in [0.05, 0.1) is 4.47 Å². The van der Waals surface area contributed by atoms with Gasteiger partial charge in [-0.1, -0.05) is 25.1 Å². The summed E-state index contributed by atoms with van der Waals surface area (Å²) in [5.74, 6) is 0.941. The summed E-state index contributed by atoms with van der Waals surface area (Å²) in [4.78, 5) is 0. The maximum Gasteiger partial charge on any atom is 0.141 e. The van der Waals surface area contributed by atoms with Crippen molar-refractivity contribution in [1.82, 2.24) is 5.32 Å². The Morgan fingerprint density at radius 1 is 1.15 bits per heavy atom. The highest BCUT2D eigenvalue weighted by atomic mass is 79.9. The Bertz CT molecular complexity index is 588. The van der Waals surface area contributed by atoms with Crippen LogP contribution in [0, 0.1) is 5.82 Å². The van der Waals surface area contributed by atoms with Gasteiger partial charge in [0, 0.05) is 11.6 Å². The largest absolute Gasteiger partial charge is 0.456 e. The highest BCUT2D eigenvalue weighted by Crippen LogP contribution is 2.34. The minimum absolute atomic E-state index is 0.112. The second-order valence-corrected chi connectivity index (χ2v) is 5.32. The molecule has 0 bridgehead atoms. The molecule has 0 aliphatic heterocycles. The van der Waals surface area contributed by atoms with Crippen LogP contribution < -0.4 is 10.1 Å². The van der Waals surface area contributed by atoms with Crippen LogP contribution in [0.3, 0.4) is 0 Å². The highest BCUT2D eigenvalue weighted by Gasteiger charge is 2.17. The van der Waals surface area contributed by atoms with Crippen molar-refractivity contribution in [2.75, 3.05) is 6.54 Å². The molecule has 0 spiro atoms. The summed E-state index contributed by atoms with van der Waals surface area (Å²) in [5.41, 5.74) is 0.546. The molecule has 2 aromatic carbocycles. The van der Waals surface area contributed by atoms with E-state index < -0.39 is 0 Å². The third kappa shape index (κ3) is 3.38. The molecule has 2 nitrogen and oxygen atoms in total. The number of nitrogens with one attached hydrogen (secondary N) is 1. The highest BCUT2D eigenvalue weighted by molar-refractivity contribution is 9.10. The number of hydrogen-bond acceptors (Lipinski definition) is 2. The molecule has 0 aromatic heterocycles. The molecule has 0 amide bonds. The third-order valence-electron chi connectivity index (χ3n) is 3.01. The van der Waals surface area contributed by atoms with Gasteiger partial charge in [-0.05, 0) is 53.7 Å². The number of benzene rings is 2. The minimum Gasteiger partial charge on any atom is -0.456 e. The first-order chi connectivity index (χ1) is 9.63. The molecule has 0 saturated heterocycles. The van der Waals surface area contributed by atoms with Gasteiger partial charge in [-0.15, -0.1) is 0 Å². The number of rotatable bonds is 5. The SMILES string of the molecule is CCNC(C)c1c(F)cccc1Oc1ccccc1Br. The van der Waals surface area contributed by atoms with Crippen molar-refractivity contribution in [1.29, 1.82) is 0 Å². The Balaban J connectivity index is 2.37. The minimum atomic E-state index is -0.261. The van der Waals surface area contributed by atoms with E-state index in [1.807, 2.05) is 38.1 Å². The van der Waals surface area contributed by atoms with E-state index in [1.165, 1.54) is 6.07 Å². The van der Waals surface area contributed by atoms with Crippen LogP contribution in [0.4, 0.5) is 4.39 Å². The van der Waals surface area contributed by atoms with Gasteiger partial charge in [0.25, 0.3) is 0 Å². The van der Waals surface area contributed by atoms with Crippen molar-refractivity contribution >= 4 is 15.9 Å². The topological polar surface area (TPSA) is 21.3 Å². The molecule has 1 unspecified atom stereocenters. The van der Waals surface area contributed by atoms with Crippen LogP contribution in [0.1, 0.15) is 25.5 Å². The Hall–Kier alpha value is -1.39.